The summed E-state index contributed by atoms with van der Waals surface area (Å²) in [5.41, 5.74) is 6.29. The standard InChI is InChI=1S/C15H23N/c1-10(2)12-5-6-13(11(3)4)15-9-16-8-7-14(12)15/h5-6,10-11,16H,7-9H2,1-4H3. The van der Waals surface area contributed by atoms with Crippen LogP contribution in [-0.4, -0.2) is 6.54 Å². The van der Waals surface area contributed by atoms with E-state index in [9.17, 15) is 0 Å². The van der Waals surface area contributed by atoms with Gasteiger partial charge in [-0.3, -0.25) is 0 Å². The number of nitrogens with one attached hydrogen (secondary N) is 1. The Hall–Kier alpha value is -0.820. The van der Waals surface area contributed by atoms with E-state index in [0.29, 0.717) is 11.8 Å². The van der Waals surface area contributed by atoms with E-state index in [1.54, 1.807) is 16.7 Å². The van der Waals surface area contributed by atoms with Crippen LogP contribution in [0.5, 0.6) is 0 Å². The number of fused-ring (bicyclic) bond motifs is 1. The van der Waals surface area contributed by atoms with Gasteiger partial charge in [-0.1, -0.05) is 39.8 Å². The third kappa shape index (κ3) is 2.01. The van der Waals surface area contributed by atoms with Crippen LogP contribution in [0.2, 0.25) is 0 Å². The second-order valence-corrected chi connectivity index (χ2v) is 5.44. The molecule has 0 aromatic heterocycles. The van der Waals surface area contributed by atoms with E-state index < -0.39 is 0 Å². The molecule has 1 heterocycles. The zero-order valence-electron chi connectivity index (χ0n) is 10.9. The normalized spacial score (nSPS) is 15.6. The lowest BCUT2D eigenvalue weighted by atomic mass is 9.84. The Morgan fingerprint density at radius 1 is 0.938 bits per heavy atom. The molecule has 0 bridgehead atoms. The van der Waals surface area contributed by atoms with Crippen molar-refractivity contribution in [3.8, 4) is 0 Å². The predicted molar refractivity (Wildman–Crippen MR) is 70.0 cm³/mol. The molecule has 2 rings (SSSR count). The maximum atomic E-state index is 3.50. The SMILES string of the molecule is CC(C)c1ccc(C(C)C)c2c1CCNC2. The molecule has 0 fully saturated rings. The van der Waals surface area contributed by atoms with Crippen molar-refractivity contribution in [3.05, 3.63) is 34.4 Å². The first-order chi connectivity index (χ1) is 7.61. The van der Waals surface area contributed by atoms with Crippen molar-refractivity contribution in [2.24, 2.45) is 0 Å². The van der Waals surface area contributed by atoms with E-state index in [-0.39, 0.29) is 0 Å². The molecule has 0 amide bonds. The molecular formula is C15H23N. The van der Waals surface area contributed by atoms with Crippen molar-refractivity contribution in [3.63, 3.8) is 0 Å². The zero-order valence-corrected chi connectivity index (χ0v) is 10.9. The molecule has 0 atom stereocenters. The molecule has 88 valence electrons. The molecule has 1 nitrogen and oxygen atoms in total. The minimum Gasteiger partial charge on any atom is -0.312 e. The summed E-state index contributed by atoms with van der Waals surface area (Å²) in [6.45, 7) is 11.4. The largest absolute Gasteiger partial charge is 0.312 e. The summed E-state index contributed by atoms with van der Waals surface area (Å²) < 4.78 is 0. The van der Waals surface area contributed by atoms with Crippen molar-refractivity contribution in [2.45, 2.75) is 52.5 Å². The van der Waals surface area contributed by atoms with Gasteiger partial charge in [0.15, 0.2) is 0 Å². The molecule has 16 heavy (non-hydrogen) atoms. The molecule has 1 aliphatic heterocycles. The number of hydrogen-bond acceptors (Lipinski definition) is 1. The molecule has 0 radical (unpaired) electrons. The monoisotopic (exact) mass is 217 g/mol. The van der Waals surface area contributed by atoms with Crippen molar-refractivity contribution in [2.75, 3.05) is 6.54 Å². The highest BCUT2D eigenvalue weighted by molar-refractivity contribution is 5.45. The van der Waals surface area contributed by atoms with E-state index in [1.807, 2.05) is 0 Å². The van der Waals surface area contributed by atoms with Gasteiger partial charge >= 0.3 is 0 Å². The van der Waals surface area contributed by atoms with Gasteiger partial charge in [0.2, 0.25) is 0 Å². The maximum Gasteiger partial charge on any atom is 0.0211 e. The van der Waals surface area contributed by atoms with Crippen molar-refractivity contribution < 1.29 is 0 Å². The van der Waals surface area contributed by atoms with Gasteiger partial charge in [-0.2, -0.15) is 0 Å². The third-order valence-corrected chi connectivity index (χ3v) is 3.60. The molecule has 1 N–H and O–H groups in total. The fourth-order valence-corrected chi connectivity index (χ4v) is 2.74. The van der Waals surface area contributed by atoms with E-state index in [1.165, 1.54) is 12.0 Å². The number of benzene rings is 1. The van der Waals surface area contributed by atoms with E-state index in [2.05, 4.69) is 45.1 Å². The summed E-state index contributed by atoms with van der Waals surface area (Å²) in [6, 6.07) is 4.69. The van der Waals surface area contributed by atoms with Crippen LogP contribution < -0.4 is 5.32 Å². The molecule has 1 aliphatic rings. The molecule has 0 saturated carbocycles. The second kappa shape index (κ2) is 4.58. The third-order valence-electron chi connectivity index (χ3n) is 3.60. The van der Waals surface area contributed by atoms with Crippen LogP contribution >= 0.6 is 0 Å². The first kappa shape index (κ1) is 11.7. The van der Waals surface area contributed by atoms with Crippen LogP contribution in [0.25, 0.3) is 0 Å². The second-order valence-electron chi connectivity index (χ2n) is 5.44. The maximum absolute atomic E-state index is 3.50. The minimum atomic E-state index is 0.634. The van der Waals surface area contributed by atoms with Gasteiger partial charge in [-0.05, 0) is 47.1 Å². The zero-order chi connectivity index (χ0) is 11.7. The lowest BCUT2D eigenvalue weighted by molar-refractivity contribution is 0.622. The summed E-state index contributed by atoms with van der Waals surface area (Å²) in [5.74, 6) is 1.28. The van der Waals surface area contributed by atoms with Gasteiger partial charge in [-0.25, -0.2) is 0 Å². The average Bonchev–Trinajstić information content (AvgIpc) is 2.27. The van der Waals surface area contributed by atoms with Gasteiger partial charge in [-0.15, -0.1) is 0 Å². The summed E-state index contributed by atoms with van der Waals surface area (Å²) in [7, 11) is 0. The number of rotatable bonds is 2. The van der Waals surface area contributed by atoms with Crippen LogP contribution in [0.4, 0.5) is 0 Å². The lowest BCUT2D eigenvalue weighted by Crippen LogP contribution is -2.26. The first-order valence-corrected chi connectivity index (χ1v) is 6.46. The molecule has 0 unspecified atom stereocenters. The topological polar surface area (TPSA) is 12.0 Å². The Morgan fingerprint density at radius 3 is 2.06 bits per heavy atom. The van der Waals surface area contributed by atoms with Gasteiger partial charge in [0.05, 0.1) is 0 Å². The highest BCUT2D eigenvalue weighted by atomic mass is 14.9. The highest BCUT2D eigenvalue weighted by Crippen LogP contribution is 2.31. The van der Waals surface area contributed by atoms with Crippen LogP contribution in [0, 0.1) is 0 Å². The molecule has 1 aromatic rings. The van der Waals surface area contributed by atoms with Crippen LogP contribution in [0.15, 0.2) is 12.1 Å². The summed E-state index contributed by atoms with van der Waals surface area (Å²) >= 11 is 0. The molecule has 1 heteroatoms. The smallest absolute Gasteiger partial charge is 0.0211 e. The van der Waals surface area contributed by atoms with E-state index in [4.69, 9.17) is 0 Å². The Labute approximate surface area is 99.3 Å². The molecule has 0 aliphatic carbocycles. The van der Waals surface area contributed by atoms with Gasteiger partial charge < -0.3 is 5.32 Å². The Morgan fingerprint density at radius 2 is 1.50 bits per heavy atom. The molecule has 0 spiro atoms. The van der Waals surface area contributed by atoms with Crippen molar-refractivity contribution >= 4 is 0 Å². The van der Waals surface area contributed by atoms with E-state index in [0.717, 1.165) is 13.1 Å². The van der Waals surface area contributed by atoms with Crippen molar-refractivity contribution in [1.82, 2.24) is 5.32 Å². The molecular weight excluding hydrogens is 194 g/mol. The number of hydrogen-bond donors (Lipinski definition) is 1. The molecule has 0 saturated heterocycles. The van der Waals surface area contributed by atoms with Gasteiger partial charge in [0, 0.05) is 6.54 Å². The molecule has 1 aromatic carbocycles. The van der Waals surface area contributed by atoms with E-state index >= 15 is 0 Å². The first-order valence-electron chi connectivity index (χ1n) is 6.46. The Bertz CT molecular complexity index is 340. The predicted octanol–water partition coefficient (Wildman–Crippen LogP) is 3.58. The summed E-state index contributed by atoms with van der Waals surface area (Å²) in [4.78, 5) is 0. The van der Waals surface area contributed by atoms with Gasteiger partial charge in [0.25, 0.3) is 0 Å². The van der Waals surface area contributed by atoms with Crippen molar-refractivity contribution in [1.29, 1.82) is 0 Å². The summed E-state index contributed by atoms with van der Waals surface area (Å²) in [6.07, 6.45) is 1.20. The van der Waals surface area contributed by atoms with Crippen LogP contribution in [-0.2, 0) is 13.0 Å². The lowest BCUT2D eigenvalue weighted by Gasteiger charge is -2.26. The van der Waals surface area contributed by atoms with Gasteiger partial charge in [0.1, 0.15) is 0 Å². The van der Waals surface area contributed by atoms with Crippen LogP contribution in [0.3, 0.4) is 0 Å². The van der Waals surface area contributed by atoms with Crippen LogP contribution in [0.1, 0.15) is 61.8 Å². The Balaban J connectivity index is 2.54. The quantitative estimate of drug-likeness (QED) is 0.798. The Kier molecular flexibility index (Phi) is 3.34. The summed E-state index contributed by atoms with van der Waals surface area (Å²) in [5, 5.41) is 3.50. The fraction of sp³-hybridized carbons (Fsp3) is 0.600. The highest BCUT2D eigenvalue weighted by Gasteiger charge is 2.18. The fourth-order valence-electron chi connectivity index (χ4n) is 2.74. The minimum absolute atomic E-state index is 0.634. The average molecular weight is 217 g/mol.